The molecular weight excluding hydrogens is 372 g/mol. The van der Waals surface area contributed by atoms with Gasteiger partial charge in [0, 0.05) is 17.7 Å². The van der Waals surface area contributed by atoms with Gasteiger partial charge in [0.2, 0.25) is 0 Å². The number of rotatable bonds is 8. The van der Waals surface area contributed by atoms with Crippen molar-refractivity contribution in [1.29, 1.82) is 0 Å². The van der Waals surface area contributed by atoms with Gasteiger partial charge in [-0.2, -0.15) is 0 Å². The van der Waals surface area contributed by atoms with E-state index in [4.69, 9.17) is 9.47 Å². The van der Waals surface area contributed by atoms with Crippen LogP contribution in [0.15, 0.2) is 24.3 Å². The fourth-order valence-electron chi connectivity index (χ4n) is 2.71. The van der Waals surface area contributed by atoms with Gasteiger partial charge in [-0.05, 0) is 28.8 Å². The molecule has 0 aliphatic heterocycles. The average molecular weight is 390 g/mol. The molecule has 0 spiro atoms. The number of hydrogen-bond donors (Lipinski definition) is 2. The predicted octanol–water partition coefficient (Wildman–Crippen LogP) is 2.68. The van der Waals surface area contributed by atoms with E-state index in [1.54, 1.807) is 18.2 Å². The Kier molecular flexibility index (Phi) is 6.64. The number of benzene rings is 2. The quantitative estimate of drug-likeness (QED) is 0.397. The smallest absolute Gasteiger partial charge is 0.318 e. The van der Waals surface area contributed by atoms with Crippen LogP contribution < -0.4 is 9.47 Å². The third kappa shape index (κ3) is 4.24. The molecule has 0 fully saturated rings. The molecule has 2 aromatic rings. The van der Waals surface area contributed by atoms with Gasteiger partial charge in [-0.15, -0.1) is 0 Å². The van der Waals surface area contributed by atoms with Gasteiger partial charge in [0.25, 0.3) is 5.75 Å². The average Bonchev–Trinajstić information content (AvgIpc) is 2.70. The van der Waals surface area contributed by atoms with E-state index >= 15 is 0 Å². The molecule has 0 saturated heterocycles. The Bertz CT molecular complexity index is 879. The number of aliphatic hydroxyl groups excluding tert-OH is 2. The number of ether oxygens (including phenoxy) is 2. The van der Waals surface area contributed by atoms with Gasteiger partial charge in [0.15, 0.2) is 0 Å². The summed E-state index contributed by atoms with van der Waals surface area (Å²) in [4.78, 5) is 20.9. The molecule has 28 heavy (non-hydrogen) atoms. The number of nitro groups is 2. The van der Waals surface area contributed by atoms with Crippen molar-refractivity contribution >= 4 is 23.5 Å². The Hall–Kier alpha value is -3.50. The second kappa shape index (κ2) is 8.93. The molecule has 10 nitrogen and oxygen atoms in total. The van der Waals surface area contributed by atoms with Crippen LogP contribution in [0, 0.1) is 20.2 Å². The van der Waals surface area contributed by atoms with E-state index in [1.807, 2.05) is 0 Å². The molecule has 2 rings (SSSR count). The van der Waals surface area contributed by atoms with Crippen LogP contribution in [-0.2, 0) is 13.2 Å². The normalized spacial score (nSPS) is 10.9. The highest BCUT2D eigenvalue weighted by Crippen LogP contribution is 2.38. The number of nitrogens with zero attached hydrogens (tertiary/aromatic N) is 2. The van der Waals surface area contributed by atoms with Gasteiger partial charge in [0.1, 0.15) is 5.75 Å². The predicted molar refractivity (Wildman–Crippen MR) is 100 cm³/mol. The summed E-state index contributed by atoms with van der Waals surface area (Å²) in [6, 6.07) is 5.54. The van der Waals surface area contributed by atoms with E-state index in [1.165, 1.54) is 13.2 Å². The summed E-state index contributed by atoms with van der Waals surface area (Å²) < 4.78 is 10.0. The van der Waals surface area contributed by atoms with Crippen molar-refractivity contribution in [3.05, 3.63) is 66.7 Å². The molecule has 0 atom stereocenters. The molecule has 0 unspecified atom stereocenters. The van der Waals surface area contributed by atoms with Gasteiger partial charge in [-0.1, -0.05) is 12.2 Å². The molecule has 0 amide bonds. The molecule has 0 aliphatic rings. The van der Waals surface area contributed by atoms with Crippen molar-refractivity contribution in [3.63, 3.8) is 0 Å². The molecule has 2 aromatic carbocycles. The Labute approximate surface area is 159 Å². The van der Waals surface area contributed by atoms with E-state index in [0.29, 0.717) is 22.4 Å². The van der Waals surface area contributed by atoms with Gasteiger partial charge in [-0.25, -0.2) is 0 Å². The number of aliphatic hydroxyl groups is 2. The summed E-state index contributed by atoms with van der Waals surface area (Å²) in [7, 11) is 2.54. The van der Waals surface area contributed by atoms with Crippen molar-refractivity contribution in [3.8, 4) is 11.5 Å². The Morgan fingerprint density at radius 3 is 1.82 bits per heavy atom. The third-order valence-corrected chi connectivity index (χ3v) is 4.01. The SMILES string of the molecule is COc1cc(C=Cc2cc([N+](=O)[O-])c(OC)c([N+](=O)[O-])c2)cc(CO)c1CO. The highest BCUT2D eigenvalue weighted by molar-refractivity contribution is 5.75. The molecule has 10 heteroatoms. The van der Waals surface area contributed by atoms with Crippen LogP contribution in [0.4, 0.5) is 11.4 Å². The van der Waals surface area contributed by atoms with Crippen LogP contribution in [0.2, 0.25) is 0 Å². The van der Waals surface area contributed by atoms with E-state index in [0.717, 1.165) is 19.2 Å². The zero-order valence-corrected chi connectivity index (χ0v) is 15.1. The Morgan fingerprint density at radius 2 is 1.43 bits per heavy atom. The lowest BCUT2D eigenvalue weighted by Crippen LogP contribution is -2.00. The maximum atomic E-state index is 11.2. The van der Waals surface area contributed by atoms with Gasteiger partial charge in [0.05, 0.1) is 37.3 Å². The second-order valence-corrected chi connectivity index (χ2v) is 5.62. The molecule has 0 radical (unpaired) electrons. The van der Waals surface area contributed by atoms with Crippen LogP contribution in [0.3, 0.4) is 0 Å². The van der Waals surface area contributed by atoms with Crippen molar-refractivity contribution in [1.82, 2.24) is 0 Å². The Morgan fingerprint density at radius 1 is 0.893 bits per heavy atom. The van der Waals surface area contributed by atoms with Crippen molar-refractivity contribution in [2.24, 2.45) is 0 Å². The summed E-state index contributed by atoms with van der Waals surface area (Å²) in [6.07, 6.45) is 3.01. The molecule has 148 valence electrons. The number of nitro benzene ring substituents is 2. The first kappa shape index (κ1) is 20.8. The highest BCUT2D eigenvalue weighted by atomic mass is 16.6. The van der Waals surface area contributed by atoms with E-state index in [-0.39, 0.29) is 18.8 Å². The van der Waals surface area contributed by atoms with Crippen molar-refractivity contribution in [2.75, 3.05) is 14.2 Å². The molecule has 2 N–H and O–H groups in total. The molecule has 0 heterocycles. The van der Waals surface area contributed by atoms with Crippen LogP contribution >= 0.6 is 0 Å². The first-order valence-corrected chi connectivity index (χ1v) is 7.96. The lowest BCUT2D eigenvalue weighted by molar-refractivity contribution is -0.395. The fraction of sp³-hybridized carbons (Fsp3) is 0.222. The third-order valence-electron chi connectivity index (χ3n) is 4.01. The van der Waals surface area contributed by atoms with E-state index in [2.05, 4.69) is 0 Å². The first-order chi connectivity index (χ1) is 13.4. The summed E-state index contributed by atoms with van der Waals surface area (Å²) in [5.41, 5.74) is 0.626. The summed E-state index contributed by atoms with van der Waals surface area (Å²) in [5, 5.41) is 41.4. The van der Waals surface area contributed by atoms with Gasteiger partial charge >= 0.3 is 11.4 Å². The fourth-order valence-corrected chi connectivity index (χ4v) is 2.71. The standard InChI is InChI=1S/C18H18N2O8/c1-27-17-8-11(5-13(9-21)14(17)10-22)3-4-12-6-15(19(23)24)18(28-2)16(7-12)20(25)26/h3-8,21-22H,9-10H2,1-2H3. The monoisotopic (exact) mass is 390 g/mol. The topological polar surface area (TPSA) is 145 Å². The van der Waals surface area contributed by atoms with E-state index < -0.39 is 27.0 Å². The van der Waals surface area contributed by atoms with Crippen LogP contribution in [0.5, 0.6) is 11.5 Å². The van der Waals surface area contributed by atoms with Crippen LogP contribution in [-0.4, -0.2) is 34.3 Å². The van der Waals surface area contributed by atoms with Crippen molar-refractivity contribution in [2.45, 2.75) is 13.2 Å². The van der Waals surface area contributed by atoms with Crippen LogP contribution in [0.25, 0.3) is 12.2 Å². The van der Waals surface area contributed by atoms with Crippen LogP contribution in [0.1, 0.15) is 22.3 Å². The summed E-state index contributed by atoms with van der Waals surface area (Å²) in [5.74, 6) is -0.0657. The van der Waals surface area contributed by atoms with Gasteiger partial charge < -0.3 is 19.7 Å². The number of hydrogen-bond acceptors (Lipinski definition) is 8. The Balaban J connectivity index is 2.55. The molecule has 0 saturated carbocycles. The van der Waals surface area contributed by atoms with Crippen molar-refractivity contribution < 1.29 is 29.5 Å². The molecule has 0 aliphatic carbocycles. The summed E-state index contributed by atoms with van der Waals surface area (Å²) in [6.45, 7) is -0.645. The second-order valence-electron chi connectivity index (χ2n) is 5.62. The highest BCUT2D eigenvalue weighted by Gasteiger charge is 2.27. The minimum atomic E-state index is -0.758. The largest absolute Gasteiger partial charge is 0.496 e. The summed E-state index contributed by atoms with van der Waals surface area (Å²) >= 11 is 0. The lowest BCUT2D eigenvalue weighted by Gasteiger charge is -2.12. The zero-order chi connectivity index (χ0) is 20.8. The molecule has 0 bridgehead atoms. The maximum Gasteiger partial charge on any atom is 0.318 e. The molecular formula is C18H18N2O8. The maximum absolute atomic E-state index is 11.2. The van der Waals surface area contributed by atoms with E-state index in [9.17, 15) is 30.4 Å². The number of methoxy groups -OCH3 is 2. The lowest BCUT2D eigenvalue weighted by atomic mass is 10.0. The minimum Gasteiger partial charge on any atom is -0.496 e. The first-order valence-electron chi connectivity index (χ1n) is 7.96. The van der Waals surface area contributed by atoms with Gasteiger partial charge in [-0.3, -0.25) is 20.2 Å². The molecule has 0 aromatic heterocycles. The minimum absolute atomic E-state index is 0.218. The zero-order valence-electron chi connectivity index (χ0n) is 15.1.